The summed E-state index contributed by atoms with van der Waals surface area (Å²) in [4.78, 5) is 22.9. The maximum absolute atomic E-state index is 11.6. The molecule has 0 aliphatic heterocycles. The first-order chi connectivity index (χ1) is 8.92. The third kappa shape index (κ3) is 3.96. The van der Waals surface area contributed by atoms with Gasteiger partial charge in [0.25, 0.3) is 0 Å². The predicted octanol–water partition coefficient (Wildman–Crippen LogP) is 3.35. The van der Waals surface area contributed by atoms with E-state index >= 15 is 0 Å². The van der Waals surface area contributed by atoms with Crippen LogP contribution in [0.1, 0.15) is 32.4 Å². The van der Waals surface area contributed by atoms with E-state index in [1.54, 1.807) is 39.0 Å². The summed E-state index contributed by atoms with van der Waals surface area (Å²) in [6.07, 6.45) is 0.232. The van der Waals surface area contributed by atoms with Gasteiger partial charge in [-0.15, -0.1) is 0 Å². The Labute approximate surface area is 118 Å². The molecule has 0 saturated carbocycles. The Kier molecular flexibility index (Phi) is 5.36. The van der Waals surface area contributed by atoms with Gasteiger partial charge in [0.1, 0.15) is 6.29 Å². The summed E-state index contributed by atoms with van der Waals surface area (Å²) >= 11 is 6.13. The van der Waals surface area contributed by atoms with Crippen molar-refractivity contribution in [2.24, 2.45) is 5.41 Å². The molecule has 0 bridgehead atoms. The van der Waals surface area contributed by atoms with E-state index in [0.29, 0.717) is 10.6 Å². The van der Waals surface area contributed by atoms with Crippen molar-refractivity contribution in [3.8, 4) is 0 Å². The molecule has 1 aromatic carbocycles. The first-order valence-corrected chi connectivity index (χ1v) is 6.44. The smallest absolute Gasteiger partial charge is 0.407 e. The molecule has 0 radical (unpaired) electrons. The highest BCUT2D eigenvalue weighted by Crippen LogP contribution is 2.35. The first-order valence-electron chi connectivity index (χ1n) is 6.06. The van der Waals surface area contributed by atoms with E-state index in [1.165, 1.54) is 0 Å². The van der Waals surface area contributed by atoms with E-state index in [-0.39, 0.29) is 6.61 Å². The number of rotatable bonds is 5. The largest absolute Gasteiger partial charge is 0.450 e. The minimum atomic E-state index is -0.794. The number of nitrogens with one attached hydrogen (secondary N) is 1. The van der Waals surface area contributed by atoms with Gasteiger partial charge in [-0.3, -0.25) is 0 Å². The van der Waals surface area contributed by atoms with Gasteiger partial charge in [-0.2, -0.15) is 0 Å². The second-order valence-electron chi connectivity index (χ2n) is 4.76. The summed E-state index contributed by atoms with van der Waals surface area (Å²) in [6, 6.07) is 6.56. The lowest BCUT2D eigenvalue weighted by atomic mass is 9.82. The van der Waals surface area contributed by atoms with Crippen LogP contribution in [0.4, 0.5) is 4.79 Å². The van der Waals surface area contributed by atoms with Crippen molar-refractivity contribution in [3.05, 3.63) is 34.9 Å². The number of aldehydes is 1. The van der Waals surface area contributed by atoms with Gasteiger partial charge < -0.3 is 14.8 Å². The molecular formula is C14H18ClNO3. The van der Waals surface area contributed by atoms with Gasteiger partial charge in [0.2, 0.25) is 0 Å². The van der Waals surface area contributed by atoms with Crippen molar-refractivity contribution in [2.45, 2.75) is 26.8 Å². The Hall–Kier alpha value is -1.55. The number of benzene rings is 1. The third-order valence-electron chi connectivity index (χ3n) is 2.80. The third-order valence-corrected chi connectivity index (χ3v) is 3.15. The highest BCUT2D eigenvalue weighted by Gasteiger charge is 2.33. The molecule has 0 fully saturated rings. The Bertz CT molecular complexity index is 460. The van der Waals surface area contributed by atoms with Crippen LogP contribution in [0.5, 0.6) is 0 Å². The van der Waals surface area contributed by atoms with Crippen LogP contribution >= 0.6 is 11.6 Å². The zero-order valence-electron chi connectivity index (χ0n) is 11.3. The second kappa shape index (κ2) is 6.57. The maximum Gasteiger partial charge on any atom is 0.407 e. The molecule has 0 aliphatic rings. The van der Waals surface area contributed by atoms with Gasteiger partial charge in [0, 0.05) is 10.4 Å². The summed E-state index contributed by atoms with van der Waals surface area (Å²) in [5.41, 5.74) is -0.105. The van der Waals surface area contributed by atoms with Crippen LogP contribution in [0.3, 0.4) is 0 Å². The van der Waals surface area contributed by atoms with Crippen LogP contribution < -0.4 is 5.32 Å². The monoisotopic (exact) mass is 283 g/mol. The number of carbonyl (C=O) groups excluding carboxylic acids is 2. The topological polar surface area (TPSA) is 55.4 Å². The molecule has 0 aliphatic carbocycles. The van der Waals surface area contributed by atoms with E-state index < -0.39 is 17.6 Å². The van der Waals surface area contributed by atoms with Crippen molar-refractivity contribution < 1.29 is 14.3 Å². The minimum Gasteiger partial charge on any atom is -0.450 e. The van der Waals surface area contributed by atoms with Crippen LogP contribution in [0, 0.1) is 5.41 Å². The Morgan fingerprint density at radius 1 is 1.47 bits per heavy atom. The average Bonchev–Trinajstić information content (AvgIpc) is 2.37. The van der Waals surface area contributed by atoms with Crippen molar-refractivity contribution in [2.75, 3.05) is 6.61 Å². The number of halogens is 1. The van der Waals surface area contributed by atoms with Gasteiger partial charge in [-0.25, -0.2) is 4.79 Å². The standard InChI is InChI=1S/C14H18ClNO3/c1-4-19-13(18)16-12(14(2,3)9-17)10-7-5-6-8-11(10)15/h5-9,12H,4H2,1-3H3,(H,16,18). The predicted molar refractivity (Wildman–Crippen MR) is 74.2 cm³/mol. The lowest BCUT2D eigenvalue weighted by Crippen LogP contribution is -2.39. The van der Waals surface area contributed by atoms with E-state index in [2.05, 4.69) is 5.32 Å². The minimum absolute atomic E-state index is 0.266. The summed E-state index contributed by atoms with van der Waals surface area (Å²) in [5.74, 6) is 0. The molecule has 1 aromatic rings. The molecule has 1 N–H and O–H groups in total. The lowest BCUT2D eigenvalue weighted by molar-refractivity contribution is -0.116. The molecule has 19 heavy (non-hydrogen) atoms. The van der Waals surface area contributed by atoms with Gasteiger partial charge in [0.05, 0.1) is 12.6 Å². The molecule has 0 spiro atoms. The lowest BCUT2D eigenvalue weighted by Gasteiger charge is -2.30. The fourth-order valence-electron chi connectivity index (χ4n) is 1.73. The highest BCUT2D eigenvalue weighted by atomic mass is 35.5. The van der Waals surface area contributed by atoms with E-state index in [4.69, 9.17) is 16.3 Å². The molecule has 1 rings (SSSR count). The molecule has 1 unspecified atom stereocenters. The summed E-state index contributed by atoms with van der Waals surface area (Å²) < 4.78 is 4.86. The van der Waals surface area contributed by atoms with Crippen molar-refractivity contribution in [1.82, 2.24) is 5.32 Å². The number of carbonyl (C=O) groups is 2. The van der Waals surface area contributed by atoms with Crippen molar-refractivity contribution in [1.29, 1.82) is 0 Å². The van der Waals surface area contributed by atoms with Crippen LogP contribution in [0.15, 0.2) is 24.3 Å². The number of ether oxygens (including phenoxy) is 1. The average molecular weight is 284 g/mol. The molecule has 1 amide bonds. The molecule has 104 valence electrons. The second-order valence-corrected chi connectivity index (χ2v) is 5.17. The molecular weight excluding hydrogens is 266 g/mol. The van der Waals surface area contributed by atoms with Crippen LogP contribution in [0.25, 0.3) is 0 Å². The maximum atomic E-state index is 11.6. The summed E-state index contributed by atoms with van der Waals surface area (Å²) in [5, 5.41) is 3.19. The van der Waals surface area contributed by atoms with Crippen LogP contribution in [-0.4, -0.2) is 19.0 Å². The number of amides is 1. The van der Waals surface area contributed by atoms with E-state index in [0.717, 1.165) is 6.29 Å². The summed E-state index contributed by atoms with van der Waals surface area (Å²) in [6.45, 7) is 5.46. The van der Waals surface area contributed by atoms with Crippen LogP contribution in [-0.2, 0) is 9.53 Å². The molecule has 1 atom stereocenters. The fourth-order valence-corrected chi connectivity index (χ4v) is 1.98. The van der Waals surface area contributed by atoms with E-state index in [9.17, 15) is 9.59 Å². The van der Waals surface area contributed by atoms with Crippen molar-refractivity contribution >= 4 is 24.0 Å². The van der Waals surface area contributed by atoms with Crippen LogP contribution in [0.2, 0.25) is 5.02 Å². The number of alkyl carbamates (subject to hydrolysis) is 1. The highest BCUT2D eigenvalue weighted by molar-refractivity contribution is 6.31. The first kappa shape index (κ1) is 15.5. The molecule has 4 nitrogen and oxygen atoms in total. The molecule has 5 heteroatoms. The number of hydrogen-bond acceptors (Lipinski definition) is 3. The molecule has 0 heterocycles. The van der Waals surface area contributed by atoms with E-state index in [1.807, 2.05) is 6.07 Å². The van der Waals surface area contributed by atoms with Gasteiger partial charge >= 0.3 is 6.09 Å². The van der Waals surface area contributed by atoms with Gasteiger partial charge in [-0.1, -0.05) is 43.6 Å². The Morgan fingerprint density at radius 3 is 2.63 bits per heavy atom. The van der Waals surface area contributed by atoms with Gasteiger partial charge in [0.15, 0.2) is 0 Å². The zero-order valence-corrected chi connectivity index (χ0v) is 12.0. The SMILES string of the molecule is CCOC(=O)NC(c1ccccc1Cl)C(C)(C)C=O. The van der Waals surface area contributed by atoms with Gasteiger partial charge in [-0.05, 0) is 18.6 Å². The molecule has 0 aromatic heterocycles. The fraction of sp³-hybridized carbons (Fsp3) is 0.429. The number of hydrogen-bond donors (Lipinski definition) is 1. The van der Waals surface area contributed by atoms with Crippen molar-refractivity contribution in [3.63, 3.8) is 0 Å². The normalized spacial score (nSPS) is 12.6. The zero-order chi connectivity index (χ0) is 14.5. The molecule has 0 saturated heterocycles. The Morgan fingerprint density at radius 2 is 2.11 bits per heavy atom. The quantitative estimate of drug-likeness (QED) is 0.843. The summed E-state index contributed by atoms with van der Waals surface area (Å²) in [7, 11) is 0. The Balaban J connectivity index is 3.10.